The van der Waals surface area contributed by atoms with Gasteiger partial charge < -0.3 is 5.73 Å². The van der Waals surface area contributed by atoms with Gasteiger partial charge in [0.1, 0.15) is 0 Å². The Balaban J connectivity index is 1.97. The summed E-state index contributed by atoms with van der Waals surface area (Å²) >= 11 is 1.79. The second kappa shape index (κ2) is 5.78. The third-order valence-corrected chi connectivity index (χ3v) is 4.85. The van der Waals surface area contributed by atoms with Crippen molar-refractivity contribution in [2.75, 3.05) is 6.54 Å². The first-order valence-electron chi connectivity index (χ1n) is 6.41. The smallest absolute Gasteiger partial charge is 0.0927 e. The number of nitrogens with two attached hydrogens (primary N) is 1. The highest BCUT2D eigenvalue weighted by atomic mass is 32.1. The number of hydrogen-bond acceptors (Lipinski definition) is 3. The lowest BCUT2D eigenvalue weighted by Gasteiger charge is -2.35. The maximum Gasteiger partial charge on any atom is 0.0927 e. The molecule has 0 amide bonds. The van der Waals surface area contributed by atoms with Gasteiger partial charge >= 0.3 is 0 Å². The van der Waals surface area contributed by atoms with Gasteiger partial charge in [-0.1, -0.05) is 19.8 Å². The minimum Gasteiger partial charge on any atom is -0.330 e. The molecule has 3 heteroatoms. The molecule has 0 bridgehead atoms. The molecule has 2 N–H and O–H groups in total. The van der Waals surface area contributed by atoms with E-state index in [1.54, 1.807) is 11.3 Å². The molecule has 3 atom stereocenters. The van der Waals surface area contributed by atoms with Crippen LogP contribution in [0.2, 0.25) is 0 Å². The van der Waals surface area contributed by atoms with Crippen molar-refractivity contribution in [2.24, 2.45) is 23.5 Å². The lowest BCUT2D eigenvalue weighted by Crippen LogP contribution is -2.31. The monoisotopic (exact) mass is 238 g/mol. The molecule has 2 nitrogen and oxygen atoms in total. The zero-order chi connectivity index (χ0) is 11.4. The average molecular weight is 238 g/mol. The van der Waals surface area contributed by atoms with E-state index in [1.165, 1.54) is 30.7 Å². The number of nitrogens with zero attached hydrogens (tertiary/aromatic N) is 1. The van der Waals surface area contributed by atoms with Crippen molar-refractivity contribution in [1.29, 1.82) is 0 Å². The van der Waals surface area contributed by atoms with Gasteiger partial charge in [-0.2, -0.15) is 0 Å². The SMILES string of the molecule is CCC1CCC(CN)C(Cc2nccs2)C1. The summed E-state index contributed by atoms with van der Waals surface area (Å²) in [5.41, 5.74) is 5.89. The van der Waals surface area contributed by atoms with E-state index >= 15 is 0 Å². The van der Waals surface area contributed by atoms with Gasteiger partial charge in [0.15, 0.2) is 0 Å². The van der Waals surface area contributed by atoms with Crippen LogP contribution in [0.5, 0.6) is 0 Å². The third-order valence-electron chi connectivity index (χ3n) is 4.05. The predicted molar refractivity (Wildman–Crippen MR) is 69.5 cm³/mol. The molecule has 1 fully saturated rings. The summed E-state index contributed by atoms with van der Waals surface area (Å²) in [6, 6.07) is 0. The first-order valence-corrected chi connectivity index (χ1v) is 7.29. The van der Waals surface area contributed by atoms with E-state index < -0.39 is 0 Å². The Morgan fingerprint density at radius 3 is 2.94 bits per heavy atom. The fourth-order valence-electron chi connectivity index (χ4n) is 2.93. The van der Waals surface area contributed by atoms with E-state index in [1.807, 2.05) is 6.20 Å². The van der Waals surface area contributed by atoms with Gasteiger partial charge in [-0.25, -0.2) is 4.98 Å². The van der Waals surface area contributed by atoms with Crippen LogP contribution in [0.15, 0.2) is 11.6 Å². The summed E-state index contributed by atoms with van der Waals surface area (Å²) in [7, 11) is 0. The minimum atomic E-state index is 0.728. The largest absolute Gasteiger partial charge is 0.330 e. The second-order valence-corrected chi connectivity index (χ2v) is 5.95. The molecule has 0 spiro atoms. The van der Waals surface area contributed by atoms with Crippen molar-refractivity contribution >= 4 is 11.3 Å². The lowest BCUT2D eigenvalue weighted by atomic mass is 9.72. The molecule has 0 radical (unpaired) electrons. The van der Waals surface area contributed by atoms with Crippen molar-refractivity contribution in [3.8, 4) is 0 Å². The highest BCUT2D eigenvalue weighted by Gasteiger charge is 2.29. The topological polar surface area (TPSA) is 38.9 Å². The normalized spacial score (nSPS) is 30.5. The highest BCUT2D eigenvalue weighted by Crippen LogP contribution is 2.37. The van der Waals surface area contributed by atoms with Gasteiger partial charge in [-0.15, -0.1) is 11.3 Å². The maximum atomic E-state index is 5.89. The van der Waals surface area contributed by atoms with Crippen molar-refractivity contribution in [3.63, 3.8) is 0 Å². The number of rotatable bonds is 4. The number of hydrogen-bond donors (Lipinski definition) is 1. The van der Waals surface area contributed by atoms with Crippen LogP contribution in [0.25, 0.3) is 0 Å². The Morgan fingerprint density at radius 1 is 1.44 bits per heavy atom. The molecule has 1 saturated carbocycles. The van der Waals surface area contributed by atoms with Gasteiger partial charge in [0, 0.05) is 18.0 Å². The summed E-state index contributed by atoms with van der Waals surface area (Å²) in [5.74, 6) is 2.43. The Hall–Kier alpha value is -0.410. The third kappa shape index (κ3) is 2.83. The Labute approximate surface area is 102 Å². The van der Waals surface area contributed by atoms with E-state index in [4.69, 9.17) is 5.73 Å². The molecule has 1 aromatic rings. The fourth-order valence-corrected chi connectivity index (χ4v) is 3.64. The van der Waals surface area contributed by atoms with E-state index in [9.17, 15) is 0 Å². The van der Waals surface area contributed by atoms with Crippen molar-refractivity contribution in [2.45, 2.75) is 39.0 Å². The van der Waals surface area contributed by atoms with Crippen LogP contribution < -0.4 is 5.73 Å². The zero-order valence-electron chi connectivity index (χ0n) is 10.1. The standard InChI is InChI=1S/C13H22N2S/c1-2-10-3-4-11(9-14)12(7-10)8-13-15-5-6-16-13/h5-6,10-12H,2-4,7-9,14H2,1H3. The second-order valence-electron chi connectivity index (χ2n) is 4.97. The molecule has 1 aromatic heterocycles. The van der Waals surface area contributed by atoms with Crippen molar-refractivity contribution in [3.05, 3.63) is 16.6 Å². The van der Waals surface area contributed by atoms with Crippen LogP contribution in [0.4, 0.5) is 0 Å². The fraction of sp³-hybridized carbons (Fsp3) is 0.769. The number of aromatic nitrogens is 1. The molecule has 1 aliphatic carbocycles. The minimum absolute atomic E-state index is 0.728. The summed E-state index contributed by atoms with van der Waals surface area (Å²) in [5, 5.41) is 3.37. The molecule has 1 heterocycles. The van der Waals surface area contributed by atoms with Gasteiger partial charge in [0.2, 0.25) is 0 Å². The van der Waals surface area contributed by atoms with E-state index in [0.29, 0.717) is 0 Å². The lowest BCUT2D eigenvalue weighted by molar-refractivity contribution is 0.180. The first-order chi connectivity index (χ1) is 7.83. The van der Waals surface area contributed by atoms with Crippen LogP contribution in [0, 0.1) is 17.8 Å². The Morgan fingerprint density at radius 2 is 2.31 bits per heavy atom. The van der Waals surface area contributed by atoms with Crippen LogP contribution >= 0.6 is 11.3 Å². The van der Waals surface area contributed by atoms with Crippen molar-refractivity contribution in [1.82, 2.24) is 4.98 Å². The van der Waals surface area contributed by atoms with E-state index in [0.717, 1.165) is 30.7 Å². The summed E-state index contributed by atoms with van der Waals surface area (Å²) in [6.07, 6.45) is 8.45. The van der Waals surface area contributed by atoms with Gasteiger partial charge in [0.25, 0.3) is 0 Å². The highest BCUT2D eigenvalue weighted by molar-refractivity contribution is 7.09. The predicted octanol–water partition coefficient (Wildman–Crippen LogP) is 3.09. The van der Waals surface area contributed by atoms with Crippen LogP contribution in [-0.4, -0.2) is 11.5 Å². The van der Waals surface area contributed by atoms with Gasteiger partial charge in [-0.05, 0) is 37.1 Å². The molecular formula is C13H22N2S. The summed E-state index contributed by atoms with van der Waals surface area (Å²) < 4.78 is 0. The molecule has 2 rings (SSSR count). The summed E-state index contributed by atoms with van der Waals surface area (Å²) in [4.78, 5) is 4.41. The maximum absolute atomic E-state index is 5.89. The molecule has 0 aliphatic heterocycles. The molecule has 90 valence electrons. The van der Waals surface area contributed by atoms with Crippen LogP contribution in [0.3, 0.4) is 0 Å². The molecule has 3 unspecified atom stereocenters. The van der Waals surface area contributed by atoms with E-state index in [-0.39, 0.29) is 0 Å². The first kappa shape index (κ1) is 12.1. The van der Waals surface area contributed by atoms with E-state index in [2.05, 4.69) is 17.3 Å². The number of thiazole rings is 1. The quantitative estimate of drug-likeness (QED) is 0.875. The average Bonchev–Trinajstić information content (AvgIpc) is 2.82. The van der Waals surface area contributed by atoms with Crippen LogP contribution in [-0.2, 0) is 6.42 Å². The Bertz CT molecular complexity index is 297. The van der Waals surface area contributed by atoms with Gasteiger partial charge in [0.05, 0.1) is 5.01 Å². The molecule has 0 aromatic carbocycles. The molecule has 16 heavy (non-hydrogen) atoms. The summed E-state index contributed by atoms with van der Waals surface area (Å²) in [6.45, 7) is 3.17. The molecular weight excluding hydrogens is 216 g/mol. The van der Waals surface area contributed by atoms with Gasteiger partial charge in [-0.3, -0.25) is 0 Å². The van der Waals surface area contributed by atoms with Crippen LogP contribution in [0.1, 0.15) is 37.6 Å². The zero-order valence-corrected chi connectivity index (χ0v) is 10.9. The molecule has 1 aliphatic rings. The van der Waals surface area contributed by atoms with Crippen molar-refractivity contribution < 1.29 is 0 Å². The Kier molecular flexibility index (Phi) is 4.36. The molecule has 0 saturated heterocycles.